The zero-order valence-corrected chi connectivity index (χ0v) is 15.0. The average molecular weight is 391 g/mol. The number of morpholine rings is 1. The Hall–Kier alpha value is -2.81. The maximum Gasteiger partial charge on any atom is 0.306 e. The first-order chi connectivity index (χ1) is 13.5. The minimum absolute atomic E-state index is 0.0251. The number of rotatable bonds is 4. The largest absolute Gasteiger partial charge is 0.481 e. The highest BCUT2D eigenvalue weighted by atomic mass is 19.2. The smallest absolute Gasteiger partial charge is 0.306 e. The molecule has 1 saturated heterocycles. The van der Waals surface area contributed by atoms with Crippen LogP contribution >= 0.6 is 0 Å². The van der Waals surface area contributed by atoms with Crippen molar-refractivity contribution in [3.05, 3.63) is 46.8 Å². The number of halogens is 2. The van der Waals surface area contributed by atoms with Crippen LogP contribution in [-0.2, 0) is 22.4 Å². The molecule has 148 valence electrons. The summed E-state index contributed by atoms with van der Waals surface area (Å²) in [7, 11) is 0. The molecule has 1 aromatic carbocycles. The molecule has 1 amide bonds. The van der Waals surface area contributed by atoms with Gasteiger partial charge in [-0.3, -0.25) is 9.59 Å². The molecule has 1 aliphatic carbocycles. The van der Waals surface area contributed by atoms with E-state index in [2.05, 4.69) is 5.10 Å². The number of fused-ring (bicyclic) bond motifs is 1. The molecule has 0 radical (unpaired) electrons. The van der Waals surface area contributed by atoms with Gasteiger partial charge in [0.25, 0.3) is 5.91 Å². The molecule has 28 heavy (non-hydrogen) atoms. The molecule has 1 N–H and O–H groups in total. The summed E-state index contributed by atoms with van der Waals surface area (Å²) < 4.78 is 34.7. The Morgan fingerprint density at radius 3 is 2.89 bits per heavy atom. The van der Waals surface area contributed by atoms with Crippen LogP contribution in [0.5, 0.6) is 0 Å². The van der Waals surface area contributed by atoms with E-state index in [1.165, 1.54) is 21.7 Å². The molecule has 0 spiro atoms. The first-order valence-corrected chi connectivity index (χ1v) is 9.13. The maximum atomic E-state index is 14.3. The van der Waals surface area contributed by atoms with Crippen LogP contribution in [0.25, 0.3) is 5.69 Å². The fourth-order valence-electron chi connectivity index (χ4n) is 3.84. The lowest BCUT2D eigenvalue weighted by Crippen LogP contribution is -2.46. The summed E-state index contributed by atoms with van der Waals surface area (Å²) >= 11 is 0. The van der Waals surface area contributed by atoms with Crippen molar-refractivity contribution in [3.63, 3.8) is 0 Å². The Labute approximate surface area is 159 Å². The highest BCUT2D eigenvalue weighted by Gasteiger charge is 2.33. The third kappa shape index (κ3) is 3.26. The summed E-state index contributed by atoms with van der Waals surface area (Å²) in [4.78, 5) is 25.5. The predicted molar refractivity (Wildman–Crippen MR) is 93.4 cm³/mol. The van der Waals surface area contributed by atoms with Crippen LogP contribution in [0.15, 0.2) is 18.2 Å². The van der Waals surface area contributed by atoms with Gasteiger partial charge in [0.05, 0.1) is 19.1 Å². The number of carbonyl (C=O) groups excluding carboxylic acids is 1. The molecule has 1 unspecified atom stereocenters. The topological polar surface area (TPSA) is 84.7 Å². The first-order valence-electron chi connectivity index (χ1n) is 9.13. The van der Waals surface area contributed by atoms with Crippen molar-refractivity contribution in [3.8, 4) is 5.69 Å². The molecule has 0 bridgehead atoms. The highest BCUT2D eigenvalue weighted by Crippen LogP contribution is 2.30. The van der Waals surface area contributed by atoms with E-state index in [4.69, 9.17) is 9.84 Å². The monoisotopic (exact) mass is 391 g/mol. The number of nitrogens with zero attached hydrogens (tertiary/aromatic N) is 3. The number of carboxylic acids is 1. The second-order valence-electron chi connectivity index (χ2n) is 6.95. The van der Waals surface area contributed by atoms with Gasteiger partial charge in [0.15, 0.2) is 17.3 Å². The van der Waals surface area contributed by atoms with Gasteiger partial charge in [-0.05, 0) is 31.4 Å². The van der Waals surface area contributed by atoms with Crippen LogP contribution in [0.4, 0.5) is 8.78 Å². The summed E-state index contributed by atoms with van der Waals surface area (Å²) in [5.41, 5.74) is 1.65. The van der Waals surface area contributed by atoms with E-state index in [1.807, 2.05) is 0 Å². The number of carboxylic acid groups (broad SMARTS) is 1. The van der Waals surface area contributed by atoms with Crippen molar-refractivity contribution in [1.29, 1.82) is 0 Å². The number of hydrogen-bond donors (Lipinski definition) is 1. The van der Waals surface area contributed by atoms with Crippen LogP contribution in [0, 0.1) is 11.6 Å². The lowest BCUT2D eigenvalue weighted by atomic mass is 10.1. The third-order valence-corrected chi connectivity index (χ3v) is 5.12. The number of aliphatic carboxylic acids is 1. The Bertz CT molecular complexity index is 944. The molecule has 1 aliphatic heterocycles. The number of benzene rings is 1. The zero-order valence-electron chi connectivity index (χ0n) is 15.0. The molecule has 1 atom stereocenters. The third-order valence-electron chi connectivity index (χ3n) is 5.12. The van der Waals surface area contributed by atoms with Gasteiger partial charge < -0.3 is 14.7 Å². The van der Waals surface area contributed by atoms with Gasteiger partial charge in [0.2, 0.25) is 0 Å². The van der Waals surface area contributed by atoms with Crippen molar-refractivity contribution >= 4 is 11.9 Å². The molecule has 4 rings (SSSR count). The Balaban J connectivity index is 1.66. The Morgan fingerprint density at radius 1 is 1.29 bits per heavy atom. The van der Waals surface area contributed by atoms with E-state index < -0.39 is 23.7 Å². The second kappa shape index (κ2) is 7.31. The van der Waals surface area contributed by atoms with Crippen LogP contribution < -0.4 is 0 Å². The van der Waals surface area contributed by atoms with Crippen LogP contribution in [0.2, 0.25) is 0 Å². The summed E-state index contributed by atoms with van der Waals surface area (Å²) in [5.74, 6) is -3.32. The van der Waals surface area contributed by atoms with E-state index in [0.29, 0.717) is 25.1 Å². The molecule has 1 aromatic heterocycles. The van der Waals surface area contributed by atoms with Crippen molar-refractivity contribution in [2.24, 2.45) is 0 Å². The fraction of sp³-hybridized carbons (Fsp3) is 0.421. The number of hydrogen-bond acceptors (Lipinski definition) is 4. The molecule has 2 heterocycles. The quantitative estimate of drug-likeness (QED) is 0.861. The normalized spacial score (nSPS) is 18.9. The molecule has 1 fully saturated rings. The van der Waals surface area contributed by atoms with Crippen LogP contribution in [0.1, 0.15) is 34.6 Å². The van der Waals surface area contributed by atoms with Crippen LogP contribution in [-0.4, -0.2) is 57.5 Å². The molecular formula is C19H19F2N3O4. The number of carbonyl (C=O) groups is 2. The molecule has 9 heteroatoms. The fourth-order valence-corrected chi connectivity index (χ4v) is 3.84. The Kier molecular flexibility index (Phi) is 4.84. The van der Waals surface area contributed by atoms with Crippen molar-refractivity contribution < 1.29 is 28.2 Å². The summed E-state index contributed by atoms with van der Waals surface area (Å²) in [6, 6.07) is 3.86. The lowest BCUT2D eigenvalue weighted by Gasteiger charge is -2.32. The number of ether oxygens (including phenoxy) is 1. The molecule has 2 aliphatic rings. The summed E-state index contributed by atoms with van der Waals surface area (Å²) in [5, 5.41) is 13.3. The van der Waals surface area contributed by atoms with Gasteiger partial charge in [-0.15, -0.1) is 0 Å². The van der Waals surface area contributed by atoms with E-state index in [-0.39, 0.29) is 36.9 Å². The minimum Gasteiger partial charge on any atom is -0.481 e. The first kappa shape index (κ1) is 18.5. The Morgan fingerprint density at radius 2 is 2.11 bits per heavy atom. The van der Waals surface area contributed by atoms with Gasteiger partial charge in [-0.1, -0.05) is 6.07 Å². The van der Waals surface area contributed by atoms with Gasteiger partial charge in [0.1, 0.15) is 5.69 Å². The molecule has 7 nitrogen and oxygen atoms in total. The predicted octanol–water partition coefficient (Wildman–Crippen LogP) is 1.95. The van der Waals surface area contributed by atoms with Crippen molar-refractivity contribution in [1.82, 2.24) is 14.7 Å². The van der Waals surface area contributed by atoms with Gasteiger partial charge in [-0.2, -0.15) is 5.10 Å². The van der Waals surface area contributed by atoms with E-state index in [9.17, 15) is 18.4 Å². The van der Waals surface area contributed by atoms with Crippen molar-refractivity contribution in [2.75, 3.05) is 19.7 Å². The molecule has 2 aromatic rings. The molecule has 0 saturated carbocycles. The summed E-state index contributed by atoms with van der Waals surface area (Å²) in [6.45, 7) is 0.719. The lowest BCUT2D eigenvalue weighted by molar-refractivity contribution is -0.141. The van der Waals surface area contributed by atoms with E-state index in [1.54, 1.807) is 0 Å². The standard InChI is InChI=1S/C19H19F2N3O4/c20-13-4-2-6-15(17(13)21)24-14-5-1-3-12(14)18(22-24)19(27)23-7-8-28-11(10-23)9-16(25)26/h2,4,6,11H,1,3,5,7-10H2,(H,25,26). The van der Waals surface area contributed by atoms with Crippen LogP contribution in [0.3, 0.4) is 0 Å². The minimum atomic E-state index is -1.01. The van der Waals surface area contributed by atoms with E-state index in [0.717, 1.165) is 18.1 Å². The van der Waals surface area contributed by atoms with Gasteiger partial charge in [0, 0.05) is 24.3 Å². The highest BCUT2D eigenvalue weighted by molar-refractivity contribution is 5.94. The maximum absolute atomic E-state index is 14.3. The van der Waals surface area contributed by atoms with Crippen molar-refractivity contribution in [2.45, 2.75) is 31.8 Å². The summed E-state index contributed by atoms with van der Waals surface area (Å²) in [6.07, 6.45) is 1.29. The van der Waals surface area contributed by atoms with Gasteiger partial charge >= 0.3 is 5.97 Å². The second-order valence-corrected chi connectivity index (χ2v) is 6.95. The number of amides is 1. The van der Waals surface area contributed by atoms with Gasteiger partial charge in [-0.25, -0.2) is 13.5 Å². The number of aromatic nitrogens is 2. The van der Waals surface area contributed by atoms with E-state index >= 15 is 0 Å². The SMILES string of the molecule is O=C(O)CC1CN(C(=O)c2nn(-c3cccc(F)c3F)c3c2CCC3)CCO1. The average Bonchev–Trinajstić information content (AvgIpc) is 3.26. The zero-order chi connectivity index (χ0) is 19.8. The molecular weight excluding hydrogens is 372 g/mol.